The van der Waals surface area contributed by atoms with Gasteiger partial charge in [-0.2, -0.15) is 5.26 Å². The zero-order valence-corrected chi connectivity index (χ0v) is 14.5. The van der Waals surface area contributed by atoms with Crippen LogP contribution in [0.2, 0.25) is 0 Å². The van der Waals surface area contributed by atoms with E-state index in [4.69, 9.17) is 5.26 Å². The van der Waals surface area contributed by atoms with Crippen molar-refractivity contribution in [2.45, 2.75) is 12.6 Å². The van der Waals surface area contributed by atoms with Crippen LogP contribution in [-0.4, -0.2) is 52.0 Å². The van der Waals surface area contributed by atoms with E-state index in [9.17, 15) is 9.59 Å². The maximum atomic E-state index is 12.8. The van der Waals surface area contributed by atoms with E-state index in [-0.39, 0.29) is 11.9 Å². The van der Waals surface area contributed by atoms with E-state index in [0.717, 1.165) is 5.56 Å². The molecule has 0 N–H and O–H groups in total. The fraction of sp³-hybridized carbons (Fsp3) is 0.316. The van der Waals surface area contributed by atoms with Gasteiger partial charge in [-0.3, -0.25) is 9.69 Å². The molecule has 2 fully saturated rings. The standard InChI is InChI=1S/C19H19N5O2/c1-21-11-14(9-16(21)10-20)12-22-7-8-23-17(13-22)18(25)24(19(23)26)15-5-3-2-4-6-15/h2-6,9,11,17H,7-8,12-13H2,1H3. The Morgan fingerprint density at radius 1 is 1.19 bits per heavy atom. The van der Waals surface area contributed by atoms with Gasteiger partial charge in [-0.05, 0) is 23.8 Å². The van der Waals surface area contributed by atoms with Crippen molar-refractivity contribution in [2.75, 3.05) is 24.5 Å². The first-order valence-corrected chi connectivity index (χ1v) is 8.56. The lowest BCUT2D eigenvalue weighted by atomic mass is 10.1. The summed E-state index contributed by atoms with van der Waals surface area (Å²) in [5.41, 5.74) is 2.26. The zero-order valence-electron chi connectivity index (χ0n) is 14.5. The lowest BCUT2D eigenvalue weighted by molar-refractivity contribution is -0.121. The van der Waals surface area contributed by atoms with E-state index in [1.807, 2.05) is 37.5 Å². The SMILES string of the molecule is Cn1cc(CN2CCN3C(=O)N(c4ccccc4)C(=O)C3C2)cc1C#N. The predicted molar refractivity (Wildman–Crippen MR) is 95.2 cm³/mol. The Hall–Kier alpha value is -3.11. The number of carbonyl (C=O) groups is 2. The third-order valence-electron chi connectivity index (χ3n) is 5.00. The molecule has 26 heavy (non-hydrogen) atoms. The van der Waals surface area contributed by atoms with E-state index in [0.29, 0.717) is 37.6 Å². The summed E-state index contributed by atoms with van der Waals surface area (Å²) in [4.78, 5) is 30.6. The number of aromatic nitrogens is 1. The Bertz CT molecular complexity index is 898. The van der Waals surface area contributed by atoms with Crippen molar-refractivity contribution in [3.8, 4) is 6.07 Å². The lowest BCUT2D eigenvalue weighted by Crippen LogP contribution is -2.52. The van der Waals surface area contributed by atoms with Crippen molar-refractivity contribution < 1.29 is 9.59 Å². The number of piperazine rings is 1. The highest BCUT2D eigenvalue weighted by Gasteiger charge is 2.48. The molecule has 7 nitrogen and oxygen atoms in total. The van der Waals surface area contributed by atoms with Crippen LogP contribution in [0.4, 0.5) is 10.5 Å². The van der Waals surface area contributed by atoms with Gasteiger partial charge >= 0.3 is 6.03 Å². The highest BCUT2D eigenvalue weighted by molar-refractivity contribution is 6.21. The highest BCUT2D eigenvalue weighted by atomic mass is 16.2. The normalized spacial score (nSPS) is 20.4. The van der Waals surface area contributed by atoms with Gasteiger partial charge in [-0.15, -0.1) is 0 Å². The topological polar surface area (TPSA) is 72.6 Å². The third-order valence-corrected chi connectivity index (χ3v) is 5.00. The maximum absolute atomic E-state index is 12.8. The first-order chi connectivity index (χ1) is 12.6. The predicted octanol–water partition coefficient (Wildman–Crippen LogP) is 1.55. The first-order valence-electron chi connectivity index (χ1n) is 8.56. The van der Waals surface area contributed by atoms with Gasteiger partial charge in [0.1, 0.15) is 17.8 Å². The quantitative estimate of drug-likeness (QED) is 0.788. The van der Waals surface area contributed by atoms with E-state index in [2.05, 4.69) is 11.0 Å². The van der Waals surface area contributed by atoms with Crippen LogP contribution in [0.1, 0.15) is 11.3 Å². The molecule has 3 heterocycles. The molecule has 0 saturated carbocycles. The van der Waals surface area contributed by atoms with Crippen LogP contribution >= 0.6 is 0 Å². The number of carbonyl (C=O) groups excluding carboxylic acids is 2. The number of aryl methyl sites for hydroxylation is 1. The molecular weight excluding hydrogens is 330 g/mol. The molecule has 1 atom stereocenters. The van der Waals surface area contributed by atoms with E-state index in [1.165, 1.54) is 4.90 Å². The average Bonchev–Trinajstić information content (AvgIpc) is 3.12. The van der Waals surface area contributed by atoms with E-state index in [1.54, 1.807) is 21.6 Å². The number of para-hydroxylation sites is 1. The van der Waals surface area contributed by atoms with Gasteiger partial charge in [0.15, 0.2) is 0 Å². The number of fused-ring (bicyclic) bond motifs is 1. The molecule has 0 bridgehead atoms. The summed E-state index contributed by atoms with van der Waals surface area (Å²) in [7, 11) is 1.84. The van der Waals surface area contributed by atoms with Crippen molar-refractivity contribution in [3.05, 3.63) is 53.9 Å². The van der Waals surface area contributed by atoms with Crippen molar-refractivity contribution in [1.82, 2.24) is 14.4 Å². The van der Waals surface area contributed by atoms with Crippen molar-refractivity contribution in [2.24, 2.45) is 7.05 Å². The summed E-state index contributed by atoms with van der Waals surface area (Å²) in [5, 5.41) is 9.08. The zero-order chi connectivity index (χ0) is 18.3. The third kappa shape index (κ3) is 2.65. The Kier molecular flexibility index (Phi) is 3.98. The molecule has 0 aliphatic carbocycles. The largest absolute Gasteiger partial charge is 0.342 e. The van der Waals surface area contributed by atoms with Crippen LogP contribution in [0.15, 0.2) is 42.6 Å². The van der Waals surface area contributed by atoms with Gasteiger partial charge in [-0.1, -0.05) is 18.2 Å². The van der Waals surface area contributed by atoms with Crippen LogP contribution in [0.3, 0.4) is 0 Å². The molecule has 2 aliphatic heterocycles. The smallest absolute Gasteiger partial charge is 0.332 e. The Morgan fingerprint density at radius 3 is 2.65 bits per heavy atom. The van der Waals surface area contributed by atoms with Crippen LogP contribution in [0.5, 0.6) is 0 Å². The first kappa shape index (κ1) is 16.4. The summed E-state index contributed by atoms with van der Waals surface area (Å²) in [5.74, 6) is -0.170. The van der Waals surface area contributed by atoms with Gasteiger partial charge in [-0.25, -0.2) is 9.69 Å². The number of nitriles is 1. The minimum absolute atomic E-state index is 0.170. The van der Waals surface area contributed by atoms with E-state index >= 15 is 0 Å². The fourth-order valence-corrected chi connectivity index (χ4v) is 3.70. The van der Waals surface area contributed by atoms with Gasteiger partial charge in [0.25, 0.3) is 5.91 Å². The Morgan fingerprint density at radius 2 is 1.96 bits per heavy atom. The molecule has 1 unspecified atom stereocenters. The van der Waals surface area contributed by atoms with E-state index < -0.39 is 6.04 Å². The van der Waals surface area contributed by atoms with Crippen LogP contribution in [0.25, 0.3) is 0 Å². The lowest BCUT2D eigenvalue weighted by Gasteiger charge is -2.35. The molecule has 132 valence electrons. The van der Waals surface area contributed by atoms with Gasteiger partial charge in [0.2, 0.25) is 0 Å². The molecular formula is C19H19N5O2. The molecule has 3 amide bonds. The summed E-state index contributed by atoms with van der Waals surface area (Å²) in [6.45, 7) is 2.39. The molecule has 2 aliphatic rings. The number of anilines is 1. The number of rotatable bonds is 3. The fourth-order valence-electron chi connectivity index (χ4n) is 3.70. The van der Waals surface area contributed by atoms with Crippen molar-refractivity contribution in [1.29, 1.82) is 5.26 Å². The minimum atomic E-state index is -0.449. The number of imide groups is 1. The molecule has 4 rings (SSSR count). The molecule has 0 spiro atoms. The minimum Gasteiger partial charge on any atom is -0.342 e. The van der Waals surface area contributed by atoms with Gasteiger partial charge in [0.05, 0.1) is 5.69 Å². The number of nitrogens with zero attached hydrogens (tertiary/aromatic N) is 5. The average molecular weight is 349 g/mol. The summed E-state index contributed by atoms with van der Waals surface area (Å²) in [6, 6.07) is 12.4. The number of hydrogen-bond acceptors (Lipinski definition) is 4. The highest BCUT2D eigenvalue weighted by Crippen LogP contribution is 2.28. The molecule has 1 aromatic carbocycles. The number of hydrogen-bond donors (Lipinski definition) is 0. The monoisotopic (exact) mass is 349 g/mol. The molecule has 2 saturated heterocycles. The van der Waals surface area contributed by atoms with Gasteiger partial charge in [0, 0.05) is 39.4 Å². The van der Waals surface area contributed by atoms with Crippen molar-refractivity contribution in [3.63, 3.8) is 0 Å². The number of amides is 3. The Labute approximate surface area is 151 Å². The van der Waals surface area contributed by atoms with Crippen LogP contribution in [-0.2, 0) is 18.4 Å². The maximum Gasteiger partial charge on any atom is 0.332 e. The second-order valence-electron chi connectivity index (χ2n) is 6.69. The van der Waals surface area contributed by atoms with Crippen molar-refractivity contribution >= 4 is 17.6 Å². The molecule has 0 radical (unpaired) electrons. The molecule has 7 heteroatoms. The Balaban J connectivity index is 1.51. The molecule has 1 aromatic heterocycles. The second kappa shape index (κ2) is 6.32. The number of benzene rings is 1. The van der Waals surface area contributed by atoms with Crippen LogP contribution < -0.4 is 4.90 Å². The summed E-state index contributed by atoms with van der Waals surface area (Å²) >= 11 is 0. The molecule has 2 aromatic rings. The second-order valence-corrected chi connectivity index (χ2v) is 6.69. The number of urea groups is 1. The summed E-state index contributed by atoms with van der Waals surface area (Å²) in [6.07, 6.45) is 1.93. The van der Waals surface area contributed by atoms with Crippen LogP contribution in [0, 0.1) is 11.3 Å². The summed E-state index contributed by atoms with van der Waals surface area (Å²) < 4.78 is 1.80. The van der Waals surface area contributed by atoms with Gasteiger partial charge < -0.3 is 9.47 Å².